The first kappa shape index (κ1) is 18.6. The van der Waals surface area contributed by atoms with Gasteiger partial charge >= 0.3 is 6.09 Å². The van der Waals surface area contributed by atoms with Gasteiger partial charge in [0.15, 0.2) is 0 Å². The lowest BCUT2D eigenvalue weighted by molar-refractivity contribution is 0.112. The van der Waals surface area contributed by atoms with Crippen molar-refractivity contribution in [2.45, 2.75) is 13.3 Å². The average Bonchev–Trinajstić information content (AvgIpc) is 2.38. The van der Waals surface area contributed by atoms with Crippen LogP contribution in [0.15, 0.2) is 5.10 Å². The minimum atomic E-state index is -0.351. The third-order valence-corrected chi connectivity index (χ3v) is 1.17. The van der Waals surface area contributed by atoms with Crippen LogP contribution in [-0.2, 0) is 4.74 Å². The van der Waals surface area contributed by atoms with Gasteiger partial charge in [0.25, 0.3) is 0 Å². The Morgan fingerprint density at radius 1 is 1.54 bits per heavy atom. The van der Waals surface area contributed by atoms with Crippen LogP contribution in [0.25, 0.3) is 0 Å². The van der Waals surface area contributed by atoms with Crippen LogP contribution in [0.5, 0.6) is 0 Å². The molecule has 1 aliphatic heterocycles. The Morgan fingerprint density at radius 2 is 2.15 bits per heavy atom. The summed E-state index contributed by atoms with van der Waals surface area (Å²) in [5, 5.41) is 5.11. The van der Waals surface area contributed by atoms with Crippen molar-refractivity contribution in [1.29, 1.82) is 0 Å². The number of amides is 1. The third-order valence-electron chi connectivity index (χ3n) is 1.17. The molecule has 1 amide bonds. The number of nitrogens with zero attached hydrogens (tertiary/aromatic N) is 2. The molecule has 1 rings (SSSR count). The molecule has 0 saturated heterocycles. The molecule has 13 heavy (non-hydrogen) atoms. The van der Waals surface area contributed by atoms with E-state index in [-0.39, 0.29) is 43.3 Å². The van der Waals surface area contributed by atoms with Gasteiger partial charge in [0.2, 0.25) is 0 Å². The Balaban J connectivity index is -0.000000333. The first-order valence-corrected chi connectivity index (χ1v) is 3.31. The lowest BCUT2D eigenvalue weighted by Crippen LogP contribution is -2.24. The van der Waals surface area contributed by atoms with Crippen LogP contribution in [0, 0.1) is 0 Å². The van der Waals surface area contributed by atoms with Gasteiger partial charge in [-0.05, 0) is 6.92 Å². The molecule has 0 aromatic carbocycles. The molecule has 0 N–H and O–H groups in total. The van der Waals surface area contributed by atoms with Crippen molar-refractivity contribution in [3.63, 3.8) is 0 Å². The van der Waals surface area contributed by atoms with Gasteiger partial charge in [0.05, 0.1) is 13.2 Å². The van der Waals surface area contributed by atoms with Gasteiger partial charge < -0.3 is 4.74 Å². The van der Waals surface area contributed by atoms with E-state index in [1.54, 1.807) is 13.1 Å². The highest BCUT2D eigenvalue weighted by Crippen LogP contribution is 2.01. The molecular formula is C6H13Cl3N2O2. The van der Waals surface area contributed by atoms with Gasteiger partial charge in [-0.3, -0.25) is 0 Å². The minimum absolute atomic E-state index is 0. The van der Waals surface area contributed by atoms with Crippen molar-refractivity contribution in [3.8, 4) is 0 Å². The van der Waals surface area contributed by atoms with E-state index in [0.29, 0.717) is 13.2 Å². The van der Waals surface area contributed by atoms with Gasteiger partial charge in [-0.2, -0.15) is 10.1 Å². The van der Waals surface area contributed by atoms with Crippen molar-refractivity contribution in [2.75, 3.05) is 13.2 Å². The monoisotopic (exact) mass is 250 g/mol. The summed E-state index contributed by atoms with van der Waals surface area (Å²) in [6.07, 6.45) is 2.19. The number of halogens is 3. The molecule has 0 fully saturated rings. The van der Waals surface area contributed by atoms with Gasteiger partial charge in [0, 0.05) is 12.6 Å². The van der Waals surface area contributed by atoms with E-state index >= 15 is 0 Å². The number of hydrogen-bond donors (Lipinski definition) is 0. The van der Waals surface area contributed by atoms with E-state index in [1.165, 1.54) is 5.01 Å². The summed E-state index contributed by atoms with van der Waals surface area (Å²) in [5.41, 5.74) is 0. The van der Waals surface area contributed by atoms with Crippen molar-refractivity contribution in [1.82, 2.24) is 5.01 Å². The first-order valence-electron chi connectivity index (χ1n) is 3.31. The van der Waals surface area contributed by atoms with Crippen LogP contribution in [0.3, 0.4) is 0 Å². The molecule has 0 aliphatic carbocycles. The van der Waals surface area contributed by atoms with Gasteiger partial charge in [-0.25, -0.2) is 4.79 Å². The van der Waals surface area contributed by atoms with E-state index in [9.17, 15) is 4.79 Å². The van der Waals surface area contributed by atoms with Crippen LogP contribution < -0.4 is 0 Å². The smallest absolute Gasteiger partial charge is 0.430 e. The first-order chi connectivity index (χ1) is 4.84. The van der Waals surface area contributed by atoms with Crippen molar-refractivity contribution in [3.05, 3.63) is 0 Å². The molecule has 0 atom stereocenters. The predicted octanol–water partition coefficient (Wildman–Crippen LogP) is 2.10. The highest BCUT2D eigenvalue weighted by atomic mass is 35.5. The summed E-state index contributed by atoms with van der Waals surface area (Å²) in [5.74, 6) is 0. The number of hydrazone groups is 1. The fraction of sp³-hybridized carbons (Fsp3) is 0.667. The zero-order chi connectivity index (χ0) is 7.40. The van der Waals surface area contributed by atoms with Crippen LogP contribution in [-0.4, -0.2) is 30.5 Å². The van der Waals surface area contributed by atoms with Crippen molar-refractivity contribution >= 4 is 49.5 Å². The summed E-state index contributed by atoms with van der Waals surface area (Å²) in [6.45, 7) is 2.83. The maximum Gasteiger partial charge on any atom is 0.430 e. The molecular weight excluding hydrogens is 238 g/mol. The van der Waals surface area contributed by atoms with E-state index in [2.05, 4.69) is 5.10 Å². The molecule has 0 saturated carbocycles. The topological polar surface area (TPSA) is 41.9 Å². The fourth-order valence-electron chi connectivity index (χ4n) is 0.730. The molecule has 4 nitrogen and oxygen atoms in total. The highest BCUT2D eigenvalue weighted by molar-refractivity contribution is 5.86. The number of carbonyl (C=O) groups is 1. The highest BCUT2D eigenvalue weighted by Gasteiger charge is 2.14. The Kier molecular flexibility index (Phi) is 14.1. The molecule has 0 aromatic rings. The van der Waals surface area contributed by atoms with Crippen LogP contribution in [0.2, 0.25) is 0 Å². The Labute approximate surface area is 95.9 Å². The number of rotatable bonds is 1. The summed E-state index contributed by atoms with van der Waals surface area (Å²) < 4.78 is 4.70. The lowest BCUT2D eigenvalue weighted by atomic mass is 10.5. The van der Waals surface area contributed by atoms with Gasteiger partial charge in [0.1, 0.15) is 0 Å². The number of hydrogen-bond acceptors (Lipinski definition) is 3. The molecule has 0 unspecified atom stereocenters. The molecule has 7 heteroatoms. The van der Waals surface area contributed by atoms with E-state index < -0.39 is 0 Å². The Morgan fingerprint density at radius 3 is 2.54 bits per heavy atom. The van der Waals surface area contributed by atoms with Gasteiger partial charge in [-0.15, -0.1) is 37.2 Å². The summed E-state index contributed by atoms with van der Waals surface area (Å²) >= 11 is 0. The fourth-order valence-corrected chi connectivity index (χ4v) is 0.730. The zero-order valence-corrected chi connectivity index (χ0v) is 9.58. The number of ether oxygens (including phenoxy) is 1. The Hall–Kier alpha value is -0.190. The third kappa shape index (κ3) is 5.96. The maximum atomic E-state index is 10.8. The summed E-state index contributed by atoms with van der Waals surface area (Å²) in [6, 6.07) is 0. The Bertz CT molecular complexity index is 166. The van der Waals surface area contributed by atoms with E-state index in [1.807, 2.05) is 0 Å². The second kappa shape index (κ2) is 9.89. The molecule has 1 heterocycles. The SMILES string of the molecule is CCOC(=O)N1CCC=N1.Cl.Cl.Cl. The molecule has 0 aromatic heterocycles. The van der Waals surface area contributed by atoms with Gasteiger partial charge in [-0.1, -0.05) is 0 Å². The van der Waals surface area contributed by atoms with Crippen LogP contribution >= 0.6 is 37.2 Å². The molecule has 0 radical (unpaired) electrons. The maximum absolute atomic E-state index is 10.8. The molecule has 0 bridgehead atoms. The van der Waals surface area contributed by atoms with Crippen molar-refractivity contribution < 1.29 is 9.53 Å². The van der Waals surface area contributed by atoms with E-state index in [0.717, 1.165) is 6.42 Å². The second-order valence-corrected chi connectivity index (χ2v) is 1.91. The molecule has 0 spiro atoms. The molecule has 80 valence electrons. The standard InChI is InChI=1S/C6H10N2O2.3ClH/c1-2-10-6(9)8-5-3-4-7-8;;;/h4H,2-3,5H2,1H3;3*1H. The normalized spacial score (nSPS) is 12.2. The van der Waals surface area contributed by atoms with E-state index in [4.69, 9.17) is 4.74 Å². The number of carbonyl (C=O) groups excluding carboxylic acids is 1. The quantitative estimate of drug-likeness (QED) is 0.716. The minimum Gasteiger partial charge on any atom is -0.448 e. The van der Waals surface area contributed by atoms with Crippen LogP contribution in [0.1, 0.15) is 13.3 Å². The zero-order valence-electron chi connectivity index (χ0n) is 7.13. The summed E-state index contributed by atoms with van der Waals surface area (Å²) in [4.78, 5) is 10.8. The second-order valence-electron chi connectivity index (χ2n) is 1.91. The summed E-state index contributed by atoms with van der Waals surface area (Å²) in [7, 11) is 0. The van der Waals surface area contributed by atoms with Crippen molar-refractivity contribution in [2.24, 2.45) is 5.10 Å². The molecule has 1 aliphatic rings. The largest absolute Gasteiger partial charge is 0.448 e. The van der Waals surface area contributed by atoms with Crippen LogP contribution in [0.4, 0.5) is 4.79 Å². The predicted molar refractivity (Wildman–Crippen MR) is 58.6 cm³/mol. The lowest BCUT2D eigenvalue weighted by Gasteiger charge is -2.09. The average molecular weight is 252 g/mol.